The Morgan fingerprint density at radius 2 is 1.79 bits per heavy atom. The van der Waals surface area contributed by atoms with E-state index in [-0.39, 0.29) is 0 Å². The van der Waals surface area contributed by atoms with E-state index < -0.39 is 0 Å². The van der Waals surface area contributed by atoms with Gasteiger partial charge in [0.25, 0.3) is 0 Å². The maximum Gasteiger partial charge on any atom is 0.0826 e. The number of nitrogens with zero attached hydrogens (tertiary/aromatic N) is 1. The summed E-state index contributed by atoms with van der Waals surface area (Å²) in [6.45, 7) is 16.7. The smallest absolute Gasteiger partial charge is 0.0826 e. The van der Waals surface area contributed by atoms with E-state index >= 15 is 0 Å². The van der Waals surface area contributed by atoms with Crippen molar-refractivity contribution in [1.82, 2.24) is 10.2 Å². The molecule has 0 aromatic heterocycles. The largest absolute Gasteiger partial charge is 0.374 e. The molecule has 1 N–H and O–H groups in total. The van der Waals surface area contributed by atoms with E-state index in [0.29, 0.717) is 12.1 Å². The molecule has 0 bridgehead atoms. The number of ether oxygens (including phenoxy) is 1. The molecule has 1 saturated heterocycles. The molecule has 0 aromatic carbocycles. The molecular formula is C16H34N2O. The van der Waals surface area contributed by atoms with Gasteiger partial charge in [-0.25, -0.2) is 0 Å². The molecule has 1 unspecified atom stereocenters. The van der Waals surface area contributed by atoms with E-state index in [1.165, 1.54) is 12.8 Å². The van der Waals surface area contributed by atoms with Crippen molar-refractivity contribution in [3.63, 3.8) is 0 Å². The van der Waals surface area contributed by atoms with E-state index in [0.717, 1.165) is 44.6 Å². The average molecular weight is 270 g/mol. The Balaban J connectivity index is 2.33. The third kappa shape index (κ3) is 7.28. The van der Waals surface area contributed by atoms with Gasteiger partial charge in [-0.15, -0.1) is 0 Å². The van der Waals surface area contributed by atoms with Gasteiger partial charge in [-0.3, -0.25) is 4.90 Å². The van der Waals surface area contributed by atoms with Crippen LogP contribution in [0.4, 0.5) is 0 Å². The molecule has 0 aromatic rings. The molecule has 0 saturated carbocycles. The van der Waals surface area contributed by atoms with Crippen LogP contribution in [0.25, 0.3) is 0 Å². The average Bonchev–Trinajstić information content (AvgIpc) is 2.35. The number of likely N-dealkylation sites (N-methyl/N-ethyl adjacent to an activating group) is 1. The van der Waals surface area contributed by atoms with Crippen molar-refractivity contribution < 1.29 is 4.74 Å². The Morgan fingerprint density at radius 1 is 1.16 bits per heavy atom. The number of nitrogens with one attached hydrogen (secondary N) is 1. The minimum absolute atomic E-state index is 0.371. The van der Waals surface area contributed by atoms with Gasteiger partial charge in [0.05, 0.1) is 12.7 Å². The van der Waals surface area contributed by atoms with Crippen LogP contribution >= 0.6 is 0 Å². The van der Waals surface area contributed by atoms with E-state index in [4.69, 9.17) is 4.74 Å². The van der Waals surface area contributed by atoms with Crippen LogP contribution in [0, 0.1) is 11.8 Å². The molecule has 0 aliphatic carbocycles. The van der Waals surface area contributed by atoms with Gasteiger partial charge in [-0.2, -0.15) is 0 Å². The molecule has 19 heavy (non-hydrogen) atoms. The van der Waals surface area contributed by atoms with Crippen molar-refractivity contribution in [2.75, 3.05) is 32.8 Å². The van der Waals surface area contributed by atoms with Gasteiger partial charge in [-0.1, -0.05) is 34.6 Å². The Morgan fingerprint density at radius 3 is 2.32 bits per heavy atom. The first-order valence-electron chi connectivity index (χ1n) is 8.08. The summed E-state index contributed by atoms with van der Waals surface area (Å²) in [5.74, 6) is 1.52. The first kappa shape index (κ1) is 16.9. The Kier molecular flexibility index (Phi) is 7.96. The lowest BCUT2D eigenvalue weighted by Crippen LogP contribution is -2.48. The molecule has 3 heteroatoms. The minimum Gasteiger partial charge on any atom is -0.374 e. The summed E-state index contributed by atoms with van der Waals surface area (Å²) >= 11 is 0. The summed E-state index contributed by atoms with van der Waals surface area (Å²) < 4.78 is 5.87. The fraction of sp³-hybridized carbons (Fsp3) is 1.00. The third-order valence-corrected chi connectivity index (χ3v) is 3.82. The van der Waals surface area contributed by atoms with Crippen LogP contribution in [0.2, 0.25) is 0 Å². The third-order valence-electron chi connectivity index (χ3n) is 3.82. The molecule has 1 heterocycles. The van der Waals surface area contributed by atoms with Crippen molar-refractivity contribution in [1.29, 1.82) is 0 Å². The number of hydrogen-bond donors (Lipinski definition) is 1. The molecule has 1 atom stereocenters. The maximum atomic E-state index is 5.87. The van der Waals surface area contributed by atoms with Crippen LogP contribution in [0.1, 0.15) is 47.5 Å². The van der Waals surface area contributed by atoms with Gasteiger partial charge >= 0.3 is 0 Å². The van der Waals surface area contributed by atoms with Crippen LogP contribution in [0.3, 0.4) is 0 Å². The van der Waals surface area contributed by atoms with E-state index in [9.17, 15) is 0 Å². The van der Waals surface area contributed by atoms with Gasteiger partial charge in [0.2, 0.25) is 0 Å². The molecule has 0 amide bonds. The predicted octanol–water partition coefficient (Wildman–Crippen LogP) is 2.76. The van der Waals surface area contributed by atoms with E-state index in [1.807, 2.05) is 0 Å². The maximum absolute atomic E-state index is 5.87. The SMILES string of the molecule is CCN1CCOC(CNC(CC(C)C)CC(C)C)C1. The second kappa shape index (κ2) is 8.93. The van der Waals surface area contributed by atoms with Gasteiger partial charge in [0.1, 0.15) is 0 Å². The van der Waals surface area contributed by atoms with Crippen LogP contribution < -0.4 is 5.32 Å². The highest BCUT2D eigenvalue weighted by Crippen LogP contribution is 2.14. The first-order valence-corrected chi connectivity index (χ1v) is 8.08. The Hall–Kier alpha value is -0.120. The lowest BCUT2D eigenvalue weighted by Gasteiger charge is -2.33. The second-order valence-corrected chi connectivity index (χ2v) is 6.75. The van der Waals surface area contributed by atoms with Gasteiger partial charge in [0, 0.05) is 25.7 Å². The summed E-state index contributed by atoms with van der Waals surface area (Å²) in [7, 11) is 0. The second-order valence-electron chi connectivity index (χ2n) is 6.75. The summed E-state index contributed by atoms with van der Waals surface area (Å²) in [6.07, 6.45) is 2.90. The molecule has 0 spiro atoms. The highest BCUT2D eigenvalue weighted by Gasteiger charge is 2.20. The zero-order valence-corrected chi connectivity index (χ0v) is 13.6. The van der Waals surface area contributed by atoms with Crippen molar-refractivity contribution in [2.45, 2.75) is 59.6 Å². The normalized spacial score (nSPS) is 21.8. The van der Waals surface area contributed by atoms with Gasteiger partial charge in [0.15, 0.2) is 0 Å². The van der Waals surface area contributed by atoms with Crippen LogP contribution in [-0.4, -0.2) is 49.8 Å². The van der Waals surface area contributed by atoms with Crippen LogP contribution in [-0.2, 0) is 4.74 Å². The van der Waals surface area contributed by atoms with Gasteiger partial charge in [-0.05, 0) is 31.2 Å². The van der Waals surface area contributed by atoms with Crippen molar-refractivity contribution in [2.24, 2.45) is 11.8 Å². The molecule has 3 nitrogen and oxygen atoms in total. The quantitative estimate of drug-likeness (QED) is 0.734. The summed E-state index contributed by atoms with van der Waals surface area (Å²) in [5, 5.41) is 3.75. The van der Waals surface area contributed by atoms with Crippen molar-refractivity contribution in [3.8, 4) is 0 Å². The Bertz CT molecular complexity index is 221. The van der Waals surface area contributed by atoms with Crippen molar-refractivity contribution in [3.05, 3.63) is 0 Å². The van der Waals surface area contributed by atoms with Crippen LogP contribution in [0.15, 0.2) is 0 Å². The molecule has 1 aliphatic rings. The lowest BCUT2D eigenvalue weighted by atomic mass is 9.95. The fourth-order valence-electron chi connectivity index (χ4n) is 2.89. The number of morpholine rings is 1. The number of rotatable bonds is 8. The molecule has 114 valence electrons. The molecule has 1 fully saturated rings. The molecular weight excluding hydrogens is 236 g/mol. The minimum atomic E-state index is 0.371. The highest BCUT2D eigenvalue weighted by atomic mass is 16.5. The predicted molar refractivity (Wildman–Crippen MR) is 82.6 cm³/mol. The highest BCUT2D eigenvalue weighted by molar-refractivity contribution is 4.77. The molecule has 0 radical (unpaired) electrons. The molecule has 1 rings (SSSR count). The van der Waals surface area contributed by atoms with Gasteiger partial charge < -0.3 is 10.1 Å². The number of hydrogen-bond acceptors (Lipinski definition) is 3. The van der Waals surface area contributed by atoms with E-state index in [1.54, 1.807) is 0 Å². The zero-order chi connectivity index (χ0) is 14.3. The molecule has 1 aliphatic heterocycles. The van der Waals surface area contributed by atoms with Crippen LogP contribution in [0.5, 0.6) is 0 Å². The summed E-state index contributed by atoms with van der Waals surface area (Å²) in [6, 6.07) is 0.639. The topological polar surface area (TPSA) is 24.5 Å². The fourth-order valence-corrected chi connectivity index (χ4v) is 2.89. The standard InChI is InChI=1S/C16H34N2O/c1-6-18-7-8-19-16(12-18)11-17-15(9-13(2)3)10-14(4)5/h13-17H,6-12H2,1-5H3. The lowest BCUT2D eigenvalue weighted by molar-refractivity contribution is -0.0268. The first-order chi connectivity index (χ1) is 9.01. The zero-order valence-electron chi connectivity index (χ0n) is 13.6. The summed E-state index contributed by atoms with van der Waals surface area (Å²) in [4.78, 5) is 2.48. The van der Waals surface area contributed by atoms with E-state index in [2.05, 4.69) is 44.8 Å². The summed E-state index contributed by atoms with van der Waals surface area (Å²) in [5.41, 5.74) is 0. The Labute approximate surface area is 120 Å². The van der Waals surface area contributed by atoms with Crippen molar-refractivity contribution >= 4 is 0 Å². The monoisotopic (exact) mass is 270 g/mol.